The van der Waals surface area contributed by atoms with E-state index in [4.69, 9.17) is 0 Å². The Morgan fingerprint density at radius 1 is 1.50 bits per heavy atom. The summed E-state index contributed by atoms with van der Waals surface area (Å²) in [6.45, 7) is 10.0. The topological polar surface area (TPSA) is 32.3 Å². The maximum Gasteiger partial charge on any atom is 0.0577 e. The van der Waals surface area contributed by atoms with Gasteiger partial charge in [-0.1, -0.05) is 13.8 Å². The Bertz CT molecular complexity index is 321. The number of aliphatic hydroxyl groups excluding tert-OH is 1. The standard InChI is InChI=1S/C13H23NOS/c1-5-13(4,11(3)15)9-14-8-12-7-6-10(2)16-12/h6-7,11,14-15H,5,8-9H2,1-4H3. The molecule has 0 aliphatic heterocycles. The minimum Gasteiger partial charge on any atom is -0.393 e. The highest BCUT2D eigenvalue weighted by atomic mass is 32.1. The minimum absolute atomic E-state index is 0.0215. The number of thiophene rings is 1. The lowest BCUT2D eigenvalue weighted by molar-refractivity contribution is 0.0489. The number of hydrogen-bond donors (Lipinski definition) is 2. The van der Waals surface area contributed by atoms with Gasteiger partial charge in [0.15, 0.2) is 0 Å². The Balaban J connectivity index is 2.39. The summed E-state index contributed by atoms with van der Waals surface area (Å²) in [4.78, 5) is 2.71. The van der Waals surface area contributed by atoms with Gasteiger partial charge in [-0.3, -0.25) is 0 Å². The first-order valence-corrected chi connectivity index (χ1v) is 6.73. The molecule has 0 radical (unpaired) electrons. The van der Waals surface area contributed by atoms with Crippen molar-refractivity contribution in [2.24, 2.45) is 5.41 Å². The maximum absolute atomic E-state index is 9.74. The number of hydrogen-bond acceptors (Lipinski definition) is 3. The van der Waals surface area contributed by atoms with Gasteiger partial charge in [-0.15, -0.1) is 11.3 Å². The molecular weight excluding hydrogens is 218 g/mol. The van der Waals surface area contributed by atoms with Crippen molar-refractivity contribution in [1.29, 1.82) is 0 Å². The lowest BCUT2D eigenvalue weighted by Crippen LogP contribution is -2.39. The summed E-state index contributed by atoms with van der Waals surface area (Å²) in [5.41, 5.74) is -0.0215. The van der Waals surface area contributed by atoms with E-state index in [1.54, 1.807) is 0 Å². The molecule has 0 fully saturated rings. The third-order valence-corrected chi connectivity index (χ3v) is 4.44. The molecule has 0 saturated carbocycles. The van der Waals surface area contributed by atoms with Crippen LogP contribution in [-0.2, 0) is 6.54 Å². The van der Waals surface area contributed by atoms with Crippen LogP contribution in [0.5, 0.6) is 0 Å². The highest BCUT2D eigenvalue weighted by Gasteiger charge is 2.27. The number of nitrogens with one attached hydrogen (secondary N) is 1. The molecule has 0 saturated heterocycles. The van der Waals surface area contributed by atoms with Crippen molar-refractivity contribution in [3.05, 3.63) is 21.9 Å². The molecule has 3 heteroatoms. The number of rotatable bonds is 6. The summed E-state index contributed by atoms with van der Waals surface area (Å²) < 4.78 is 0. The van der Waals surface area contributed by atoms with Crippen LogP contribution < -0.4 is 5.32 Å². The first-order valence-electron chi connectivity index (χ1n) is 5.92. The first kappa shape index (κ1) is 13.7. The Morgan fingerprint density at radius 3 is 2.62 bits per heavy atom. The monoisotopic (exact) mass is 241 g/mol. The molecule has 2 atom stereocenters. The molecule has 1 aromatic rings. The van der Waals surface area contributed by atoms with Gasteiger partial charge in [-0.25, -0.2) is 0 Å². The van der Waals surface area contributed by atoms with Crippen LogP contribution in [0.1, 0.15) is 36.9 Å². The Labute approximate surface area is 103 Å². The fourth-order valence-corrected chi connectivity index (χ4v) is 2.48. The van der Waals surface area contributed by atoms with Gasteiger partial charge >= 0.3 is 0 Å². The van der Waals surface area contributed by atoms with Crippen LogP contribution in [0.3, 0.4) is 0 Å². The third-order valence-electron chi connectivity index (χ3n) is 3.44. The SMILES string of the molecule is CCC(C)(CNCc1ccc(C)s1)C(C)O. The van der Waals surface area contributed by atoms with Crippen molar-refractivity contribution in [3.8, 4) is 0 Å². The van der Waals surface area contributed by atoms with E-state index in [9.17, 15) is 5.11 Å². The molecule has 2 nitrogen and oxygen atoms in total. The van der Waals surface area contributed by atoms with E-state index in [1.165, 1.54) is 9.75 Å². The first-order chi connectivity index (χ1) is 7.48. The van der Waals surface area contributed by atoms with Gasteiger partial charge in [0.05, 0.1) is 6.10 Å². The summed E-state index contributed by atoms with van der Waals surface area (Å²) in [5.74, 6) is 0. The zero-order valence-corrected chi connectivity index (χ0v) is 11.5. The molecule has 0 aromatic carbocycles. The summed E-state index contributed by atoms with van der Waals surface area (Å²) in [7, 11) is 0. The van der Waals surface area contributed by atoms with Crippen LogP contribution in [0, 0.1) is 12.3 Å². The highest BCUT2D eigenvalue weighted by Crippen LogP contribution is 2.25. The molecule has 0 aliphatic carbocycles. The predicted octanol–water partition coefficient (Wildman–Crippen LogP) is 2.94. The van der Waals surface area contributed by atoms with E-state index in [0.717, 1.165) is 19.5 Å². The van der Waals surface area contributed by atoms with E-state index in [0.29, 0.717) is 0 Å². The van der Waals surface area contributed by atoms with Crippen LogP contribution in [0.15, 0.2) is 12.1 Å². The predicted molar refractivity (Wildman–Crippen MR) is 70.8 cm³/mol. The molecule has 0 bridgehead atoms. The zero-order chi connectivity index (χ0) is 12.2. The number of aliphatic hydroxyl groups is 1. The van der Waals surface area contributed by atoms with Crippen molar-refractivity contribution in [3.63, 3.8) is 0 Å². The van der Waals surface area contributed by atoms with E-state index in [1.807, 2.05) is 18.3 Å². The van der Waals surface area contributed by atoms with Crippen molar-refractivity contribution in [2.45, 2.75) is 46.8 Å². The quantitative estimate of drug-likeness (QED) is 0.802. The second kappa shape index (κ2) is 5.80. The summed E-state index contributed by atoms with van der Waals surface area (Å²) in [5, 5.41) is 13.2. The smallest absolute Gasteiger partial charge is 0.0577 e. The van der Waals surface area contributed by atoms with Crippen LogP contribution in [-0.4, -0.2) is 17.8 Å². The Kier molecular flexibility index (Phi) is 4.96. The molecule has 0 spiro atoms. The van der Waals surface area contributed by atoms with Gasteiger partial charge in [-0.05, 0) is 32.4 Å². The van der Waals surface area contributed by atoms with Crippen molar-refractivity contribution in [1.82, 2.24) is 5.32 Å². The van der Waals surface area contributed by atoms with Crippen LogP contribution in [0.2, 0.25) is 0 Å². The van der Waals surface area contributed by atoms with Crippen LogP contribution in [0.25, 0.3) is 0 Å². The average Bonchev–Trinajstić information content (AvgIpc) is 2.63. The van der Waals surface area contributed by atoms with Gasteiger partial charge in [0, 0.05) is 28.3 Å². The average molecular weight is 241 g/mol. The van der Waals surface area contributed by atoms with E-state index in [-0.39, 0.29) is 11.5 Å². The van der Waals surface area contributed by atoms with Crippen LogP contribution >= 0.6 is 11.3 Å². The van der Waals surface area contributed by atoms with E-state index in [2.05, 4.69) is 38.2 Å². The zero-order valence-electron chi connectivity index (χ0n) is 10.7. The molecule has 2 N–H and O–H groups in total. The van der Waals surface area contributed by atoms with E-state index >= 15 is 0 Å². The molecule has 0 amide bonds. The van der Waals surface area contributed by atoms with Crippen molar-refractivity contribution in [2.75, 3.05) is 6.54 Å². The van der Waals surface area contributed by atoms with E-state index < -0.39 is 0 Å². The molecule has 1 heterocycles. The molecule has 16 heavy (non-hydrogen) atoms. The molecular formula is C13H23NOS. The van der Waals surface area contributed by atoms with Gasteiger partial charge < -0.3 is 10.4 Å². The third kappa shape index (κ3) is 3.58. The maximum atomic E-state index is 9.74. The summed E-state index contributed by atoms with van der Waals surface area (Å²) in [6, 6.07) is 4.31. The molecule has 0 aliphatic rings. The normalized spacial score (nSPS) is 17.1. The van der Waals surface area contributed by atoms with Crippen molar-refractivity contribution >= 4 is 11.3 Å². The van der Waals surface area contributed by atoms with Crippen LogP contribution in [0.4, 0.5) is 0 Å². The lowest BCUT2D eigenvalue weighted by Gasteiger charge is -2.31. The molecule has 2 unspecified atom stereocenters. The Hall–Kier alpha value is -0.380. The van der Waals surface area contributed by atoms with Crippen molar-refractivity contribution < 1.29 is 5.11 Å². The van der Waals surface area contributed by atoms with Gasteiger partial charge in [0.25, 0.3) is 0 Å². The van der Waals surface area contributed by atoms with Gasteiger partial charge in [0.1, 0.15) is 0 Å². The fourth-order valence-electron chi connectivity index (χ4n) is 1.62. The van der Waals surface area contributed by atoms with Gasteiger partial charge in [0.2, 0.25) is 0 Å². The number of aryl methyl sites for hydroxylation is 1. The highest BCUT2D eigenvalue weighted by molar-refractivity contribution is 7.11. The molecule has 92 valence electrons. The fraction of sp³-hybridized carbons (Fsp3) is 0.692. The molecule has 1 rings (SSSR count). The second-order valence-electron chi connectivity index (χ2n) is 4.80. The second-order valence-corrected chi connectivity index (χ2v) is 6.17. The van der Waals surface area contributed by atoms with Gasteiger partial charge in [-0.2, -0.15) is 0 Å². The summed E-state index contributed by atoms with van der Waals surface area (Å²) >= 11 is 1.83. The Morgan fingerprint density at radius 2 is 2.19 bits per heavy atom. The largest absolute Gasteiger partial charge is 0.393 e. The summed E-state index contributed by atoms with van der Waals surface area (Å²) in [6.07, 6.45) is 0.719. The minimum atomic E-state index is -0.268. The lowest BCUT2D eigenvalue weighted by atomic mass is 9.82. The molecule has 1 aromatic heterocycles.